The Hall–Kier alpha value is -3.84. The van der Waals surface area contributed by atoms with Gasteiger partial charge in [-0.15, -0.1) is 0 Å². The van der Waals surface area contributed by atoms with Gasteiger partial charge in [0, 0.05) is 35.5 Å². The molecule has 0 fully saturated rings. The summed E-state index contributed by atoms with van der Waals surface area (Å²) in [4.78, 5) is 17.4. The van der Waals surface area contributed by atoms with E-state index in [1.165, 1.54) is 11.8 Å². The summed E-state index contributed by atoms with van der Waals surface area (Å²) < 4.78 is 8.70. The number of pyridine rings is 2. The normalized spacial score (nSPS) is 11.3. The van der Waals surface area contributed by atoms with Crippen LogP contribution < -0.4 is 5.32 Å². The number of hydrogen-bond donors (Lipinski definition) is 1. The first-order valence-electron chi connectivity index (χ1n) is 9.77. The van der Waals surface area contributed by atoms with Crippen molar-refractivity contribution in [1.29, 1.82) is 5.26 Å². The predicted molar refractivity (Wildman–Crippen MR) is 120 cm³/mol. The molecule has 0 aromatic carbocycles. The second-order valence-electron chi connectivity index (χ2n) is 8.05. The van der Waals surface area contributed by atoms with E-state index in [1.54, 1.807) is 54.5 Å². The van der Waals surface area contributed by atoms with Crippen LogP contribution >= 0.6 is 11.8 Å². The number of carbonyl (C=O) groups excluding carboxylic acids is 1. The molecule has 0 spiro atoms. The van der Waals surface area contributed by atoms with Crippen LogP contribution in [0.3, 0.4) is 0 Å². The van der Waals surface area contributed by atoms with Crippen LogP contribution in [0.15, 0.2) is 59.0 Å². The molecule has 0 bridgehead atoms. The standard InChI is InChI=1S/C22H21N7O2S/c1-22(2,3)31-21(30)27-18-6-5-7-19(26-18)32-17-8-14(16-11-24-28(4)12-16)13-29-20(17)15(9-23)10-25-29/h5-8,10-13H,1-4H3,(H,26,27,30). The number of nitrogens with one attached hydrogen (secondary N) is 1. The third-order valence-corrected chi connectivity index (χ3v) is 5.27. The molecule has 32 heavy (non-hydrogen) atoms. The molecule has 4 aromatic rings. The minimum Gasteiger partial charge on any atom is -0.444 e. The van der Waals surface area contributed by atoms with Crippen LogP contribution in [-0.2, 0) is 11.8 Å². The summed E-state index contributed by atoms with van der Waals surface area (Å²) in [6.07, 6.45) is 6.52. The average Bonchev–Trinajstić information content (AvgIpc) is 3.32. The Labute approximate surface area is 189 Å². The van der Waals surface area contributed by atoms with Gasteiger partial charge in [-0.25, -0.2) is 14.3 Å². The molecule has 1 amide bonds. The van der Waals surface area contributed by atoms with Gasteiger partial charge in [0.05, 0.1) is 23.5 Å². The van der Waals surface area contributed by atoms with Gasteiger partial charge in [-0.1, -0.05) is 17.8 Å². The van der Waals surface area contributed by atoms with E-state index in [2.05, 4.69) is 26.6 Å². The first-order valence-corrected chi connectivity index (χ1v) is 10.6. The number of rotatable bonds is 4. The quantitative estimate of drug-likeness (QED) is 0.490. The van der Waals surface area contributed by atoms with Gasteiger partial charge in [0.2, 0.25) is 0 Å². The molecule has 10 heteroatoms. The second-order valence-corrected chi connectivity index (χ2v) is 9.11. The molecule has 0 aliphatic rings. The van der Waals surface area contributed by atoms with Crippen molar-refractivity contribution in [1.82, 2.24) is 24.4 Å². The number of nitrogens with zero attached hydrogens (tertiary/aromatic N) is 6. The Morgan fingerprint density at radius 3 is 2.69 bits per heavy atom. The van der Waals surface area contributed by atoms with Crippen molar-refractivity contribution in [2.75, 3.05) is 5.32 Å². The molecule has 0 saturated carbocycles. The lowest BCUT2D eigenvalue weighted by atomic mass is 10.1. The topological polar surface area (TPSA) is 110 Å². The van der Waals surface area contributed by atoms with E-state index < -0.39 is 11.7 Å². The van der Waals surface area contributed by atoms with Crippen molar-refractivity contribution < 1.29 is 9.53 Å². The molecule has 4 rings (SSSR count). The molecular formula is C22H21N7O2S. The van der Waals surface area contributed by atoms with Crippen molar-refractivity contribution in [3.63, 3.8) is 0 Å². The number of amides is 1. The maximum Gasteiger partial charge on any atom is 0.413 e. The van der Waals surface area contributed by atoms with Crippen molar-refractivity contribution >= 4 is 29.2 Å². The number of nitriles is 1. The third kappa shape index (κ3) is 4.73. The fourth-order valence-corrected chi connectivity index (χ4v) is 4.04. The number of aryl methyl sites for hydroxylation is 1. The zero-order chi connectivity index (χ0) is 22.9. The van der Waals surface area contributed by atoms with Crippen LogP contribution in [0.25, 0.3) is 16.6 Å². The third-order valence-electron chi connectivity index (χ3n) is 4.30. The summed E-state index contributed by atoms with van der Waals surface area (Å²) in [6, 6.07) is 9.49. The zero-order valence-electron chi connectivity index (χ0n) is 18.0. The molecule has 0 aliphatic heterocycles. The van der Waals surface area contributed by atoms with Gasteiger partial charge in [-0.3, -0.25) is 10.00 Å². The Kier molecular flexibility index (Phi) is 5.59. The highest BCUT2D eigenvalue weighted by atomic mass is 32.2. The molecule has 9 nitrogen and oxygen atoms in total. The first kappa shape index (κ1) is 21.4. The Morgan fingerprint density at radius 2 is 2.00 bits per heavy atom. The van der Waals surface area contributed by atoms with Crippen molar-refractivity contribution in [2.45, 2.75) is 36.3 Å². The second kappa shape index (κ2) is 8.36. The lowest BCUT2D eigenvalue weighted by Crippen LogP contribution is -2.27. The van der Waals surface area contributed by atoms with Gasteiger partial charge >= 0.3 is 6.09 Å². The van der Waals surface area contributed by atoms with E-state index in [0.29, 0.717) is 21.9 Å². The highest BCUT2D eigenvalue weighted by molar-refractivity contribution is 7.99. The van der Waals surface area contributed by atoms with E-state index in [9.17, 15) is 10.1 Å². The summed E-state index contributed by atoms with van der Waals surface area (Å²) in [5.41, 5.74) is 2.39. The number of fused-ring (bicyclic) bond motifs is 1. The number of ether oxygens (including phenoxy) is 1. The zero-order valence-corrected chi connectivity index (χ0v) is 18.8. The van der Waals surface area contributed by atoms with Gasteiger partial charge in [0.1, 0.15) is 22.5 Å². The van der Waals surface area contributed by atoms with E-state index >= 15 is 0 Å². The summed E-state index contributed by atoms with van der Waals surface area (Å²) >= 11 is 1.38. The van der Waals surface area contributed by atoms with Crippen LogP contribution in [0.1, 0.15) is 26.3 Å². The summed E-state index contributed by atoms with van der Waals surface area (Å²) in [6.45, 7) is 5.39. The monoisotopic (exact) mass is 447 g/mol. The fourth-order valence-electron chi connectivity index (χ4n) is 3.03. The average molecular weight is 448 g/mol. The summed E-state index contributed by atoms with van der Waals surface area (Å²) in [7, 11) is 1.85. The number of anilines is 1. The lowest BCUT2D eigenvalue weighted by Gasteiger charge is -2.19. The SMILES string of the molecule is Cn1cc(-c2cc(Sc3cccc(NC(=O)OC(C)(C)C)n3)c3c(C#N)cnn3c2)cn1. The summed E-state index contributed by atoms with van der Waals surface area (Å²) in [5.74, 6) is 0.373. The van der Waals surface area contributed by atoms with Crippen molar-refractivity contribution in [2.24, 2.45) is 7.05 Å². The Morgan fingerprint density at radius 1 is 1.19 bits per heavy atom. The molecule has 0 saturated heterocycles. The smallest absolute Gasteiger partial charge is 0.413 e. The number of aromatic nitrogens is 5. The maximum atomic E-state index is 12.1. The highest BCUT2D eigenvalue weighted by Crippen LogP contribution is 2.35. The molecule has 0 radical (unpaired) electrons. The Balaban J connectivity index is 1.69. The number of carbonyl (C=O) groups is 1. The van der Waals surface area contributed by atoms with E-state index in [4.69, 9.17) is 4.74 Å². The molecule has 0 atom stereocenters. The molecule has 4 heterocycles. The van der Waals surface area contributed by atoms with Crippen molar-refractivity contribution in [3.05, 3.63) is 54.6 Å². The lowest BCUT2D eigenvalue weighted by molar-refractivity contribution is 0.0635. The minimum atomic E-state index is -0.607. The van der Waals surface area contributed by atoms with Crippen LogP contribution in [0.2, 0.25) is 0 Å². The predicted octanol–water partition coefficient (Wildman–Crippen LogP) is 4.50. The molecule has 162 valence electrons. The van der Waals surface area contributed by atoms with Crippen molar-refractivity contribution in [3.8, 4) is 17.2 Å². The summed E-state index contributed by atoms with van der Waals surface area (Å²) in [5, 5.41) is 21.4. The largest absolute Gasteiger partial charge is 0.444 e. The minimum absolute atomic E-state index is 0.373. The molecular weight excluding hydrogens is 426 g/mol. The highest BCUT2D eigenvalue weighted by Gasteiger charge is 2.18. The first-order chi connectivity index (χ1) is 15.2. The van der Waals surface area contributed by atoms with Gasteiger partial charge in [0.15, 0.2) is 0 Å². The maximum absolute atomic E-state index is 12.1. The van der Waals surface area contributed by atoms with Crippen LogP contribution in [0, 0.1) is 11.3 Å². The van der Waals surface area contributed by atoms with Gasteiger partial charge in [0.25, 0.3) is 0 Å². The van der Waals surface area contributed by atoms with Gasteiger partial charge in [-0.05, 0) is 39.0 Å². The van der Waals surface area contributed by atoms with Crippen LogP contribution in [0.5, 0.6) is 0 Å². The fraction of sp³-hybridized carbons (Fsp3) is 0.227. The van der Waals surface area contributed by atoms with E-state index in [1.807, 2.05) is 31.6 Å². The Bertz CT molecular complexity index is 1340. The van der Waals surface area contributed by atoms with Gasteiger partial charge < -0.3 is 4.74 Å². The van der Waals surface area contributed by atoms with E-state index in [0.717, 1.165) is 16.0 Å². The van der Waals surface area contributed by atoms with E-state index in [-0.39, 0.29) is 0 Å². The molecule has 0 unspecified atom stereocenters. The number of hydrogen-bond acceptors (Lipinski definition) is 7. The molecule has 0 aliphatic carbocycles. The molecule has 4 aromatic heterocycles. The molecule has 1 N–H and O–H groups in total. The van der Waals surface area contributed by atoms with Gasteiger partial charge in [-0.2, -0.15) is 15.5 Å². The van der Waals surface area contributed by atoms with Crippen LogP contribution in [-0.4, -0.2) is 36.1 Å². The van der Waals surface area contributed by atoms with Crippen LogP contribution in [0.4, 0.5) is 10.6 Å².